The number of hydrogen-bond donors (Lipinski definition) is 2. The number of benzene rings is 3. The first kappa shape index (κ1) is 19.8. The molecule has 0 radical (unpaired) electrons. The Morgan fingerprint density at radius 2 is 1.48 bits per heavy atom. The van der Waals surface area contributed by atoms with Gasteiger partial charge in [-0.05, 0) is 35.2 Å². The van der Waals surface area contributed by atoms with E-state index in [1.54, 1.807) is 12.1 Å². The number of halogens is 1. The number of rotatable bonds is 5. The molecule has 4 rings (SSSR count). The standard InChI is InChI=1S/C26H28FNO/c1-2-9-23-25(20-12-7-4-8-13-20)28-24(19-10-5-3-6-11-19)18-26(23,29)21-14-16-22(27)17-15-21/h3-8,10-17,23-25,28-29H,2,9,18H2,1H3/t23-,24-,25+,26+/m1/s1. The molecule has 2 N–H and O–H groups in total. The van der Waals surface area contributed by atoms with Crippen LogP contribution in [0.5, 0.6) is 0 Å². The molecule has 0 spiro atoms. The molecular formula is C26H28FNO. The van der Waals surface area contributed by atoms with Gasteiger partial charge in [0.05, 0.1) is 5.60 Å². The van der Waals surface area contributed by atoms with Crippen molar-refractivity contribution < 1.29 is 9.50 Å². The first-order valence-electron chi connectivity index (χ1n) is 10.5. The van der Waals surface area contributed by atoms with E-state index in [2.05, 4.69) is 36.5 Å². The van der Waals surface area contributed by atoms with Gasteiger partial charge in [-0.1, -0.05) is 86.1 Å². The van der Waals surface area contributed by atoms with Gasteiger partial charge in [-0.15, -0.1) is 0 Å². The highest BCUT2D eigenvalue weighted by atomic mass is 19.1. The smallest absolute Gasteiger partial charge is 0.123 e. The van der Waals surface area contributed by atoms with Crippen LogP contribution in [-0.4, -0.2) is 5.11 Å². The van der Waals surface area contributed by atoms with Crippen molar-refractivity contribution >= 4 is 0 Å². The summed E-state index contributed by atoms with van der Waals surface area (Å²) in [5, 5.41) is 15.9. The van der Waals surface area contributed by atoms with E-state index in [9.17, 15) is 9.50 Å². The number of nitrogens with one attached hydrogen (secondary N) is 1. The van der Waals surface area contributed by atoms with E-state index in [0.29, 0.717) is 6.42 Å². The number of aliphatic hydroxyl groups is 1. The van der Waals surface area contributed by atoms with E-state index >= 15 is 0 Å². The third kappa shape index (κ3) is 3.98. The molecule has 0 aromatic heterocycles. The summed E-state index contributed by atoms with van der Waals surface area (Å²) in [6.45, 7) is 2.15. The summed E-state index contributed by atoms with van der Waals surface area (Å²) < 4.78 is 13.6. The molecule has 1 aliphatic rings. The van der Waals surface area contributed by atoms with Crippen LogP contribution in [0.4, 0.5) is 4.39 Å². The maximum absolute atomic E-state index is 13.6. The minimum absolute atomic E-state index is 0.00423. The molecule has 3 heteroatoms. The zero-order chi connectivity index (χ0) is 20.3. The average Bonchev–Trinajstić information content (AvgIpc) is 2.77. The fraction of sp³-hybridized carbons (Fsp3) is 0.308. The molecular weight excluding hydrogens is 361 g/mol. The Balaban J connectivity index is 1.82. The summed E-state index contributed by atoms with van der Waals surface area (Å²) in [5.74, 6) is -0.294. The van der Waals surface area contributed by atoms with Crippen molar-refractivity contribution in [1.82, 2.24) is 5.32 Å². The Morgan fingerprint density at radius 1 is 0.897 bits per heavy atom. The first-order valence-corrected chi connectivity index (χ1v) is 10.5. The van der Waals surface area contributed by atoms with Gasteiger partial charge in [0.1, 0.15) is 5.82 Å². The Bertz CT molecular complexity index is 912. The van der Waals surface area contributed by atoms with Crippen molar-refractivity contribution in [2.45, 2.75) is 43.9 Å². The third-order valence-corrected chi connectivity index (χ3v) is 6.22. The Hall–Kier alpha value is -2.49. The van der Waals surface area contributed by atoms with Crippen LogP contribution in [0.3, 0.4) is 0 Å². The van der Waals surface area contributed by atoms with Gasteiger partial charge in [-0.3, -0.25) is 0 Å². The van der Waals surface area contributed by atoms with E-state index in [1.165, 1.54) is 17.7 Å². The van der Waals surface area contributed by atoms with Gasteiger partial charge >= 0.3 is 0 Å². The summed E-state index contributed by atoms with van der Waals surface area (Å²) in [7, 11) is 0. The van der Waals surface area contributed by atoms with Crippen molar-refractivity contribution in [3.8, 4) is 0 Å². The molecule has 3 aromatic rings. The maximum atomic E-state index is 13.6. The summed E-state index contributed by atoms with van der Waals surface area (Å²) >= 11 is 0. The first-order chi connectivity index (χ1) is 14.1. The average molecular weight is 390 g/mol. The highest BCUT2D eigenvalue weighted by molar-refractivity contribution is 5.32. The number of piperidine rings is 1. The SMILES string of the molecule is CCC[C@@H]1[C@H](c2ccccc2)N[C@@H](c2ccccc2)C[C@]1(O)c1ccc(F)cc1. The highest BCUT2D eigenvalue weighted by Gasteiger charge is 2.48. The number of hydrogen-bond acceptors (Lipinski definition) is 2. The molecule has 1 aliphatic heterocycles. The lowest BCUT2D eigenvalue weighted by Gasteiger charge is -2.49. The second-order valence-corrected chi connectivity index (χ2v) is 8.05. The Morgan fingerprint density at radius 3 is 2.07 bits per heavy atom. The maximum Gasteiger partial charge on any atom is 0.123 e. The minimum Gasteiger partial charge on any atom is -0.385 e. The lowest BCUT2D eigenvalue weighted by Crippen LogP contribution is -2.51. The van der Waals surface area contributed by atoms with Crippen molar-refractivity contribution in [1.29, 1.82) is 0 Å². The molecule has 3 aromatic carbocycles. The zero-order valence-electron chi connectivity index (χ0n) is 16.8. The van der Waals surface area contributed by atoms with Gasteiger partial charge in [0.2, 0.25) is 0 Å². The summed E-state index contributed by atoms with van der Waals surface area (Å²) in [4.78, 5) is 0. The second kappa shape index (κ2) is 8.48. The van der Waals surface area contributed by atoms with Gasteiger partial charge in [0.15, 0.2) is 0 Å². The van der Waals surface area contributed by atoms with Crippen LogP contribution < -0.4 is 5.32 Å². The van der Waals surface area contributed by atoms with Crippen molar-refractivity contribution in [3.05, 3.63) is 107 Å². The summed E-state index contributed by atoms with van der Waals surface area (Å²) in [5.41, 5.74) is 2.08. The third-order valence-electron chi connectivity index (χ3n) is 6.22. The predicted molar refractivity (Wildman–Crippen MR) is 115 cm³/mol. The topological polar surface area (TPSA) is 32.3 Å². The molecule has 0 aliphatic carbocycles. The van der Waals surface area contributed by atoms with E-state index in [-0.39, 0.29) is 23.8 Å². The van der Waals surface area contributed by atoms with Gasteiger partial charge < -0.3 is 10.4 Å². The predicted octanol–water partition coefficient (Wildman–Crippen LogP) is 5.91. The zero-order valence-corrected chi connectivity index (χ0v) is 16.8. The molecule has 150 valence electrons. The van der Waals surface area contributed by atoms with Crippen LogP contribution in [0.2, 0.25) is 0 Å². The molecule has 1 fully saturated rings. The van der Waals surface area contributed by atoms with Gasteiger partial charge in [0.25, 0.3) is 0 Å². The molecule has 29 heavy (non-hydrogen) atoms. The van der Waals surface area contributed by atoms with Gasteiger partial charge in [0, 0.05) is 24.4 Å². The van der Waals surface area contributed by atoms with Gasteiger partial charge in [-0.2, -0.15) is 0 Å². The summed E-state index contributed by atoms with van der Waals surface area (Å²) in [6, 6.07) is 27.0. The van der Waals surface area contributed by atoms with Crippen molar-refractivity contribution in [3.63, 3.8) is 0 Å². The molecule has 1 heterocycles. The fourth-order valence-electron chi connectivity index (χ4n) is 4.81. The van der Waals surface area contributed by atoms with Crippen LogP contribution in [0.1, 0.15) is 55.0 Å². The minimum atomic E-state index is -1.05. The van der Waals surface area contributed by atoms with E-state index < -0.39 is 5.60 Å². The quantitative estimate of drug-likeness (QED) is 0.569. The molecule has 4 atom stereocenters. The van der Waals surface area contributed by atoms with Crippen LogP contribution in [0.15, 0.2) is 84.9 Å². The Labute approximate surface area is 172 Å². The molecule has 0 saturated carbocycles. The van der Waals surface area contributed by atoms with E-state index in [0.717, 1.165) is 24.0 Å². The molecule has 0 bridgehead atoms. The fourth-order valence-corrected chi connectivity index (χ4v) is 4.81. The monoisotopic (exact) mass is 389 g/mol. The molecule has 1 saturated heterocycles. The Kier molecular flexibility index (Phi) is 5.79. The van der Waals surface area contributed by atoms with Gasteiger partial charge in [-0.25, -0.2) is 4.39 Å². The lowest BCUT2D eigenvalue weighted by molar-refractivity contribution is -0.0850. The largest absolute Gasteiger partial charge is 0.385 e. The van der Waals surface area contributed by atoms with Crippen molar-refractivity contribution in [2.24, 2.45) is 5.92 Å². The van der Waals surface area contributed by atoms with Crippen molar-refractivity contribution in [2.75, 3.05) is 0 Å². The van der Waals surface area contributed by atoms with Crippen LogP contribution in [0.25, 0.3) is 0 Å². The lowest BCUT2D eigenvalue weighted by atomic mass is 9.66. The normalized spacial score (nSPS) is 26.9. The van der Waals surface area contributed by atoms with Crippen LogP contribution in [-0.2, 0) is 5.60 Å². The van der Waals surface area contributed by atoms with Crippen LogP contribution >= 0.6 is 0 Å². The molecule has 0 unspecified atom stereocenters. The molecule has 0 amide bonds. The van der Waals surface area contributed by atoms with E-state index in [1.807, 2.05) is 36.4 Å². The molecule has 2 nitrogen and oxygen atoms in total. The summed E-state index contributed by atoms with van der Waals surface area (Å²) in [6.07, 6.45) is 2.40. The second-order valence-electron chi connectivity index (χ2n) is 8.05. The van der Waals surface area contributed by atoms with E-state index in [4.69, 9.17) is 0 Å². The van der Waals surface area contributed by atoms with Crippen LogP contribution in [0, 0.1) is 11.7 Å². The highest BCUT2D eigenvalue weighted by Crippen LogP contribution is 2.50.